The summed E-state index contributed by atoms with van der Waals surface area (Å²) in [6.07, 6.45) is -3.44. The minimum Gasteiger partial charge on any atom is -0.308 e. The lowest BCUT2D eigenvalue weighted by Gasteiger charge is -2.11. The Morgan fingerprint density at radius 3 is 2.27 bits per heavy atom. The molecular weight excluding hydrogens is 326 g/mol. The lowest BCUT2D eigenvalue weighted by Crippen LogP contribution is -2.20. The van der Waals surface area contributed by atoms with Crippen molar-refractivity contribution in [2.45, 2.75) is 6.18 Å². The molecule has 9 heteroatoms. The molecule has 22 heavy (non-hydrogen) atoms. The van der Waals surface area contributed by atoms with Crippen LogP contribution in [0, 0.1) is 5.82 Å². The van der Waals surface area contributed by atoms with Crippen LogP contribution in [0.15, 0.2) is 36.5 Å². The number of halogens is 5. The largest absolute Gasteiger partial charge is 0.419 e. The fourth-order valence-corrected chi connectivity index (χ4v) is 1.77. The highest BCUT2D eigenvalue weighted by atomic mass is 35.5. The van der Waals surface area contributed by atoms with E-state index in [4.69, 9.17) is 11.6 Å². The average Bonchev–Trinajstić information content (AvgIpc) is 2.36. The maximum absolute atomic E-state index is 13.4. The predicted octanol–water partition coefficient (Wildman–Crippen LogP) is 4.54. The molecule has 0 unspecified atom stereocenters. The van der Waals surface area contributed by atoms with Crippen LogP contribution in [0.3, 0.4) is 0 Å². The Balaban J connectivity index is 2.08. The number of nitrogens with zero attached hydrogens (tertiary/aromatic N) is 1. The molecule has 2 amide bonds. The minimum absolute atomic E-state index is 0.122. The van der Waals surface area contributed by atoms with Crippen LogP contribution in [0.1, 0.15) is 5.56 Å². The van der Waals surface area contributed by atoms with Crippen LogP contribution in [0.4, 0.5) is 33.7 Å². The molecule has 0 spiro atoms. The van der Waals surface area contributed by atoms with E-state index in [2.05, 4.69) is 15.6 Å². The quantitative estimate of drug-likeness (QED) is 0.626. The summed E-state index contributed by atoms with van der Waals surface area (Å²) in [5.41, 5.74) is -1.20. The highest BCUT2D eigenvalue weighted by Crippen LogP contribution is 2.32. The van der Waals surface area contributed by atoms with Gasteiger partial charge in [-0.3, -0.25) is 0 Å². The van der Waals surface area contributed by atoms with Crippen LogP contribution in [0.25, 0.3) is 0 Å². The van der Waals surface area contributed by atoms with Gasteiger partial charge in [-0.25, -0.2) is 14.2 Å². The number of urea groups is 1. The highest BCUT2D eigenvalue weighted by molar-refractivity contribution is 6.29. The SMILES string of the molecule is O=C(Nc1ccnc(Cl)c1)Nc1ccc(C(F)(F)F)c(F)c1. The van der Waals surface area contributed by atoms with Gasteiger partial charge in [-0.05, 0) is 30.3 Å². The van der Waals surface area contributed by atoms with E-state index in [1.54, 1.807) is 0 Å². The van der Waals surface area contributed by atoms with Gasteiger partial charge in [0.1, 0.15) is 11.0 Å². The lowest BCUT2D eigenvalue weighted by molar-refractivity contribution is -0.139. The van der Waals surface area contributed by atoms with Gasteiger partial charge in [0.2, 0.25) is 0 Å². The fourth-order valence-electron chi connectivity index (χ4n) is 1.60. The molecular formula is C13H8ClF4N3O. The van der Waals surface area contributed by atoms with E-state index in [1.807, 2.05) is 0 Å². The first-order valence-electron chi connectivity index (χ1n) is 5.82. The smallest absolute Gasteiger partial charge is 0.308 e. The standard InChI is InChI=1S/C13H8ClF4N3O/c14-11-6-8(3-4-19-11)21-12(22)20-7-1-2-9(10(15)5-7)13(16,17)18/h1-6H,(H2,19,20,21,22). The highest BCUT2D eigenvalue weighted by Gasteiger charge is 2.33. The van der Waals surface area contributed by atoms with Crippen molar-refractivity contribution in [3.8, 4) is 0 Å². The zero-order valence-electron chi connectivity index (χ0n) is 10.7. The van der Waals surface area contributed by atoms with E-state index in [0.29, 0.717) is 17.8 Å². The minimum atomic E-state index is -4.79. The summed E-state index contributed by atoms with van der Waals surface area (Å²) >= 11 is 5.63. The second-order valence-corrected chi connectivity index (χ2v) is 4.53. The summed E-state index contributed by atoms with van der Waals surface area (Å²) in [4.78, 5) is 15.4. The Kier molecular flexibility index (Phi) is 4.51. The van der Waals surface area contributed by atoms with Gasteiger partial charge in [-0.2, -0.15) is 13.2 Å². The number of nitrogens with one attached hydrogen (secondary N) is 2. The van der Waals surface area contributed by atoms with E-state index in [0.717, 1.165) is 6.07 Å². The van der Waals surface area contributed by atoms with Gasteiger partial charge in [-0.15, -0.1) is 0 Å². The van der Waals surface area contributed by atoms with Crippen molar-refractivity contribution in [3.05, 3.63) is 53.1 Å². The molecule has 2 N–H and O–H groups in total. The van der Waals surface area contributed by atoms with E-state index in [-0.39, 0.29) is 10.8 Å². The van der Waals surface area contributed by atoms with Crippen molar-refractivity contribution in [3.63, 3.8) is 0 Å². The lowest BCUT2D eigenvalue weighted by atomic mass is 10.2. The number of carbonyl (C=O) groups excluding carboxylic acids is 1. The predicted molar refractivity (Wildman–Crippen MR) is 73.3 cm³/mol. The van der Waals surface area contributed by atoms with Gasteiger partial charge >= 0.3 is 12.2 Å². The summed E-state index contributed by atoms with van der Waals surface area (Å²) in [5.74, 6) is -1.47. The second kappa shape index (κ2) is 6.18. The molecule has 1 heterocycles. The molecule has 4 nitrogen and oxygen atoms in total. The first-order chi connectivity index (χ1) is 10.3. The number of hydrogen-bond acceptors (Lipinski definition) is 2. The van der Waals surface area contributed by atoms with Gasteiger partial charge in [0.05, 0.1) is 5.56 Å². The van der Waals surface area contributed by atoms with Crippen LogP contribution in [-0.4, -0.2) is 11.0 Å². The number of rotatable bonds is 2. The monoisotopic (exact) mass is 333 g/mol. The van der Waals surface area contributed by atoms with E-state index >= 15 is 0 Å². The zero-order valence-corrected chi connectivity index (χ0v) is 11.5. The Morgan fingerprint density at radius 2 is 1.73 bits per heavy atom. The number of benzene rings is 1. The molecule has 0 radical (unpaired) electrons. The van der Waals surface area contributed by atoms with Crippen LogP contribution < -0.4 is 10.6 Å². The summed E-state index contributed by atoms with van der Waals surface area (Å²) in [5, 5.41) is 4.74. The fraction of sp³-hybridized carbons (Fsp3) is 0.0769. The third-order valence-electron chi connectivity index (χ3n) is 2.52. The third kappa shape index (κ3) is 4.08. The zero-order chi connectivity index (χ0) is 16.3. The van der Waals surface area contributed by atoms with Crippen LogP contribution in [0.2, 0.25) is 5.15 Å². The number of anilines is 2. The van der Waals surface area contributed by atoms with Crippen molar-refractivity contribution in [1.29, 1.82) is 0 Å². The molecule has 1 aromatic carbocycles. The maximum Gasteiger partial charge on any atom is 0.419 e. The maximum atomic E-state index is 13.4. The molecule has 0 aliphatic carbocycles. The van der Waals surface area contributed by atoms with E-state index in [9.17, 15) is 22.4 Å². The molecule has 2 aromatic rings. The van der Waals surface area contributed by atoms with Gasteiger partial charge in [0.25, 0.3) is 0 Å². The van der Waals surface area contributed by atoms with Crippen molar-refractivity contribution in [2.24, 2.45) is 0 Å². The molecule has 0 bridgehead atoms. The molecule has 1 aromatic heterocycles. The van der Waals surface area contributed by atoms with Gasteiger partial charge < -0.3 is 10.6 Å². The number of carbonyl (C=O) groups is 1. The molecule has 0 saturated heterocycles. The Bertz CT molecular complexity index is 706. The van der Waals surface area contributed by atoms with Gasteiger partial charge in [0.15, 0.2) is 0 Å². The number of hydrogen-bond donors (Lipinski definition) is 2. The molecule has 0 aliphatic rings. The number of pyridine rings is 1. The first kappa shape index (κ1) is 16.0. The first-order valence-corrected chi connectivity index (χ1v) is 6.20. The molecule has 2 rings (SSSR count). The Morgan fingerprint density at radius 1 is 1.09 bits per heavy atom. The third-order valence-corrected chi connectivity index (χ3v) is 2.72. The van der Waals surface area contributed by atoms with Crippen molar-refractivity contribution in [2.75, 3.05) is 10.6 Å². The summed E-state index contributed by atoms with van der Waals surface area (Å²) in [6.45, 7) is 0. The Hall–Kier alpha value is -2.35. The number of amides is 2. The van der Waals surface area contributed by atoms with Gasteiger partial charge in [0, 0.05) is 17.6 Å². The van der Waals surface area contributed by atoms with Crippen LogP contribution in [-0.2, 0) is 6.18 Å². The van der Waals surface area contributed by atoms with E-state index in [1.165, 1.54) is 18.3 Å². The summed E-state index contributed by atoms with van der Waals surface area (Å²) < 4.78 is 50.6. The topological polar surface area (TPSA) is 54.0 Å². The van der Waals surface area contributed by atoms with Crippen LogP contribution in [0.5, 0.6) is 0 Å². The van der Waals surface area contributed by atoms with Gasteiger partial charge in [-0.1, -0.05) is 11.6 Å². The normalized spacial score (nSPS) is 11.1. The molecule has 0 saturated carbocycles. The second-order valence-electron chi connectivity index (χ2n) is 4.14. The number of alkyl halides is 3. The van der Waals surface area contributed by atoms with Crippen molar-refractivity contribution in [1.82, 2.24) is 4.98 Å². The molecule has 0 atom stereocenters. The summed E-state index contributed by atoms with van der Waals surface area (Å²) in [6, 6.07) is 4.15. The van der Waals surface area contributed by atoms with E-state index < -0.39 is 23.6 Å². The van der Waals surface area contributed by atoms with Crippen molar-refractivity contribution >= 4 is 29.0 Å². The molecule has 0 aliphatic heterocycles. The molecule has 116 valence electrons. The van der Waals surface area contributed by atoms with Crippen LogP contribution >= 0.6 is 11.6 Å². The Labute approximate surface area is 127 Å². The van der Waals surface area contributed by atoms with Crippen molar-refractivity contribution < 1.29 is 22.4 Å². The molecule has 0 fully saturated rings. The number of aromatic nitrogens is 1. The summed E-state index contributed by atoms with van der Waals surface area (Å²) in [7, 11) is 0. The average molecular weight is 334 g/mol.